The SMILES string of the molecule is CCCCNC(=O)[C@@H](CC)N(Cc1ccc(Cl)cc1Cl)C(=O)CN(c1ccccc1C(C)C)S(C)(=O)=O. The summed E-state index contributed by atoms with van der Waals surface area (Å²) in [5, 5.41) is 3.71. The van der Waals surface area contributed by atoms with Gasteiger partial charge in [-0.05, 0) is 48.1 Å². The lowest BCUT2D eigenvalue weighted by molar-refractivity contribution is -0.140. The highest BCUT2D eigenvalue weighted by molar-refractivity contribution is 7.92. The number of sulfonamides is 1. The van der Waals surface area contributed by atoms with E-state index < -0.39 is 28.5 Å². The van der Waals surface area contributed by atoms with Crippen LogP contribution in [0.3, 0.4) is 0 Å². The van der Waals surface area contributed by atoms with Gasteiger partial charge >= 0.3 is 0 Å². The molecule has 2 aromatic rings. The number of halogens is 2. The van der Waals surface area contributed by atoms with Gasteiger partial charge in [0.25, 0.3) is 0 Å². The van der Waals surface area contributed by atoms with Gasteiger partial charge in [0.05, 0.1) is 11.9 Å². The van der Waals surface area contributed by atoms with Crippen molar-refractivity contribution in [1.29, 1.82) is 0 Å². The maximum atomic E-state index is 13.8. The number of unbranched alkanes of at least 4 members (excludes halogenated alkanes) is 1. The van der Waals surface area contributed by atoms with Gasteiger partial charge in [0.2, 0.25) is 21.8 Å². The van der Waals surface area contributed by atoms with Crippen molar-refractivity contribution < 1.29 is 18.0 Å². The molecule has 0 aliphatic carbocycles. The van der Waals surface area contributed by atoms with Gasteiger partial charge in [0.1, 0.15) is 12.6 Å². The molecule has 0 spiro atoms. The van der Waals surface area contributed by atoms with E-state index in [1.807, 2.05) is 39.8 Å². The fourth-order valence-electron chi connectivity index (χ4n) is 4.06. The molecule has 0 bridgehead atoms. The fraction of sp³-hybridized carbons (Fsp3) is 0.481. The first-order valence-corrected chi connectivity index (χ1v) is 15.1. The van der Waals surface area contributed by atoms with Gasteiger partial charge in [-0.1, -0.05) is 81.6 Å². The summed E-state index contributed by atoms with van der Waals surface area (Å²) in [7, 11) is -3.82. The molecule has 0 fully saturated rings. The van der Waals surface area contributed by atoms with Gasteiger partial charge in [-0.15, -0.1) is 0 Å². The van der Waals surface area contributed by atoms with Crippen LogP contribution in [0, 0.1) is 0 Å². The van der Waals surface area contributed by atoms with Crippen LogP contribution in [-0.2, 0) is 26.2 Å². The third kappa shape index (κ3) is 8.62. The third-order valence-corrected chi connectivity index (χ3v) is 7.79. The monoisotopic (exact) mass is 569 g/mol. The summed E-state index contributed by atoms with van der Waals surface area (Å²) in [6.07, 6.45) is 3.15. The van der Waals surface area contributed by atoms with Crippen molar-refractivity contribution in [3.05, 3.63) is 63.6 Å². The molecule has 0 aromatic heterocycles. The Morgan fingerprint density at radius 2 is 1.73 bits per heavy atom. The highest BCUT2D eigenvalue weighted by atomic mass is 35.5. The minimum absolute atomic E-state index is 0.0258. The Kier molecular flexibility index (Phi) is 11.7. The molecule has 0 heterocycles. The van der Waals surface area contributed by atoms with Crippen LogP contribution in [0.25, 0.3) is 0 Å². The van der Waals surface area contributed by atoms with Crippen molar-refractivity contribution in [2.45, 2.75) is 65.5 Å². The number of carbonyl (C=O) groups excluding carboxylic acids is 2. The van der Waals surface area contributed by atoms with Crippen LogP contribution in [0.2, 0.25) is 10.0 Å². The summed E-state index contributed by atoms with van der Waals surface area (Å²) in [5.41, 5.74) is 1.85. The van der Waals surface area contributed by atoms with Gasteiger partial charge in [0, 0.05) is 23.1 Å². The maximum absolute atomic E-state index is 13.8. The van der Waals surface area contributed by atoms with E-state index in [4.69, 9.17) is 23.2 Å². The van der Waals surface area contributed by atoms with E-state index in [1.165, 1.54) is 4.90 Å². The predicted octanol–water partition coefficient (Wildman–Crippen LogP) is 5.61. The molecule has 37 heavy (non-hydrogen) atoms. The molecule has 10 heteroatoms. The van der Waals surface area contributed by atoms with Gasteiger partial charge in [0.15, 0.2) is 0 Å². The first-order valence-electron chi connectivity index (χ1n) is 12.5. The molecular weight excluding hydrogens is 533 g/mol. The Bertz CT molecular complexity index is 1190. The van der Waals surface area contributed by atoms with Crippen molar-refractivity contribution in [2.75, 3.05) is 23.7 Å². The second-order valence-corrected chi connectivity index (χ2v) is 12.1. The quantitative estimate of drug-likeness (QED) is 0.318. The Morgan fingerprint density at radius 3 is 2.30 bits per heavy atom. The highest BCUT2D eigenvalue weighted by Gasteiger charge is 2.32. The highest BCUT2D eigenvalue weighted by Crippen LogP contribution is 2.30. The summed E-state index contributed by atoms with van der Waals surface area (Å²) in [6, 6.07) is 11.3. The average molecular weight is 571 g/mol. The van der Waals surface area contributed by atoms with Crippen molar-refractivity contribution in [2.24, 2.45) is 0 Å². The van der Waals surface area contributed by atoms with E-state index in [-0.39, 0.29) is 18.4 Å². The van der Waals surface area contributed by atoms with Gasteiger partial charge < -0.3 is 10.2 Å². The number of benzene rings is 2. The molecule has 0 saturated carbocycles. The van der Waals surface area contributed by atoms with Crippen LogP contribution in [0.5, 0.6) is 0 Å². The van der Waals surface area contributed by atoms with Crippen molar-refractivity contribution >= 4 is 50.7 Å². The smallest absolute Gasteiger partial charge is 0.244 e. The molecule has 1 atom stereocenters. The van der Waals surface area contributed by atoms with E-state index in [0.29, 0.717) is 34.3 Å². The third-order valence-electron chi connectivity index (χ3n) is 6.08. The second-order valence-electron chi connectivity index (χ2n) is 9.31. The summed E-state index contributed by atoms with van der Waals surface area (Å²) in [5.74, 6) is -0.761. The van der Waals surface area contributed by atoms with Crippen LogP contribution in [-0.4, -0.2) is 50.5 Å². The van der Waals surface area contributed by atoms with Crippen LogP contribution in [0.4, 0.5) is 5.69 Å². The summed E-state index contributed by atoms with van der Waals surface area (Å²) in [4.78, 5) is 28.4. The van der Waals surface area contributed by atoms with Gasteiger partial charge in [-0.2, -0.15) is 0 Å². The first kappa shape index (κ1) is 30.9. The summed E-state index contributed by atoms with van der Waals surface area (Å²) in [6.45, 7) is 7.83. The number of nitrogens with one attached hydrogen (secondary N) is 1. The number of hydrogen-bond acceptors (Lipinski definition) is 4. The zero-order valence-corrected chi connectivity index (χ0v) is 24.5. The molecule has 0 saturated heterocycles. The molecule has 204 valence electrons. The second kappa shape index (κ2) is 14.0. The van der Waals surface area contributed by atoms with Gasteiger partial charge in [-0.3, -0.25) is 13.9 Å². The summed E-state index contributed by atoms with van der Waals surface area (Å²) >= 11 is 12.5. The van der Waals surface area contributed by atoms with E-state index in [9.17, 15) is 18.0 Å². The number of rotatable bonds is 13. The van der Waals surface area contributed by atoms with E-state index in [0.717, 1.165) is 29.0 Å². The lowest BCUT2D eigenvalue weighted by Gasteiger charge is -2.33. The Balaban J connectivity index is 2.50. The molecule has 0 aliphatic rings. The number of para-hydroxylation sites is 1. The summed E-state index contributed by atoms with van der Waals surface area (Å²) < 4.78 is 26.9. The molecule has 0 radical (unpaired) electrons. The number of nitrogens with zero attached hydrogens (tertiary/aromatic N) is 2. The maximum Gasteiger partial charge on any atom is 0.244 e. The minimum atomic E-state index is -3.82. The van der Waals surface area contributed by atoms with Gasteiger partial charge in [-0.25, -0.2) is 8.42 Å². The van der Waals surface area contributed by atoms with Crippen LogP contribution in [0.1, 0.15) is 64.0 Å². The minimum Gasteiger partial charge on any atom is -0.354 e. The van der Waals surface area contributed by atoms with Crippen LogP contribution < -0.4 is 9.62 Å². The normalized spacial score (nSPS) is 12.3. The molecule has 0 aliphatic heterocycles. The van der Waals surface area contributed by atoms with Crippen molar-refractivity contribution in [1.82, 2.24) is 10.2 Å². The standard InChI is InChI=1S/C27H37Cl2N3O4S/c1-6-8-15-30-27(34)24(7-2)31(17-20-13-14-21(28)16-23(20)29)26(33)18-32(37(5,35)36)25-12-10-9-11-22(25)19(3)4/h9-14,16,19,24H,6-8,15,17-18H2,1-5H3,(H,30,34)/t24-/m1/s1. The predicted molar refractivity (Wildman–Crippen MR) is 152 cm³/mol. The number of carbonyl (C=O) groups is 2. The molecule has 1 N–H and O–H groups in total. The molecule has 2 rings (SSSR count). The van der Waals surface area contributed by atoms with Crippen LogP contribution >= 0.6 is 23.2 Å². The lowest BCUT2D eigenvalue weighted by atomic mass is 10.0. The Labute approximate surface area is 231 Å². The number of amides is 2. The zero-order valence-electron chi connectivity index (χ0n) is 22.1. The Morgan fingerprint density at radius 1 is 1.05 bits per heavy atom. The van der Waals surface area contributed by atoms with Crippen molar-refractivity contribution in [3.8, 4) is 0 Å². The molecular formula is C27H37Cl2N3O4S. The van der Waals surface area contributed by atoms with Crippen LogP contribution in [0.15, 0.2) is 42.5 Å². The topological polar surface area (TPSA) is 86.8 Å². The van der Waals surface area contributed by atoms with E-state index in [2.05, 4.69) is 5.32 Å². The first-order chi connectivity index (χ1) is 17.4. The number of hydrogen-bond donors (Lipinski definition) is 1. The zero-order chi connectivity index (χ0) is 27.8. The van der Waals surface area contributed by atoms with Crippen molar-refractivity contribution in [3.63, 3.8) is 0 Å². The average Bonchev–Trinajstić information content (AvgIpc) is 2.83. The lowest BCUT2D eigenvalue weighted by Crippen LogP contribution is -2.52. The largest absolute Gasteiger partial charge is 0.354 e. The van der Waals surface area contributed by atoms with E-state index >= 15 is 0 Å². The molecule has 7 nitrogen and oxygen atoms in total. The Hall–Kier alpha value is -2.29. The van der Waals surface area contributed by atoms with E-state index in [1.54, 1.807) is 30.3 Å². The fourth-order valence-corrected chi connectivity index (χ4v) is 5.39. The molecule has 2 amide bonds. The molecule has 0 unspecified atom stereocenters. The molecule has 2 aromatic carbocycles. The number of anilines is 1.